The Bertz CT molecular complexity index is 1080. The molecular weight excluding hydrogens is 388 g/mol. The fraction of sp³-hybridized carbons (Fsp3) is 0.227. The molecule has 6 nitrogen and oxygen atoms in total. The summed E-state index contributed by atoms with van der Waals surface area (Å²) in [7, 11) is 0. The maximum absolute atomic E-state index is 12.6. The van der Waals surface area contributed by atoms with Gasteiger partial charge in [0.1, 0.15) is 5.02 Å². The van der Waals surface area contributed by atoms with Crippen LogP contribution in [0.15, 0.2) is 65.6 Å². The minimum Gasteiger partial charge on any atom is -0.378 e. The molecule has 0 saturated carbocycles. The molecule has 2 heterocycles. The standard InChI is InChI=1S/C22H21ClN4O2/c23-21-19(14-25-27(22(21)29)18-9-2-1-3-10-18)24-13-16-7-4-5-8-17(16)15-26-12-6-11-20(26)28/h1-5,7-10,14,24H,6,11-13,15H2. The number of aromatic nitrogens is 2. The van der Waals surface area contributed by atoms with Gasteiger partial charge in [-0.25, -0.2) is 0 Å². The molecule has 1 fully saturated rings. The summed E-state index contributed by atoms with van der Waals surface area (Å²) < 4.78 is 1.28. The summed E-state index contributed by atoms with van der Waals surface area (Å²) >= 11 is 6.32. The average Bonchev–Trinajstić information content (AvgIpc) is 3.15. The Labute approximate surface area is 173 Å². The fourth-order valence-electron chi connectivity index (χ4n) is 3.46. The van der Waals surface area contributed by atoms with Crippen molar-refractivity contribution in [2.45, 2.75) is 25.9 Å². The highest BCUT2D eigenvalue weighted by Gasteiger charge is 2.21. The summed E-state index contributed by atoms with van der Waals surface area (Å²) in [6.45, 7) is 1.88. The Morgan fingerprint density at radius 2 is 1.72 bits per heavy atom. The monoisotopic (exact) mass is 408 g/mol. The molecule has 0 radical (unpaired) electrons. The Balaban J connectivity index is 1.52. The van der Waals surface area contributed by atoms with E-state index in [0.29, 0.717) is 30.9 Å². The van der Waals surface area contributed by atoms with Crippen LogP contribution in [-0.2, 0) is 17.9 Å². The lowest BCUT2D eigenvalue weighted by Gasteiger charge is -2.18. The normalized spacial score (nSPS) is 13.7. The van der Waals surface area contributed by atoms with Gasteiger partial charge in [0.25, 0.3) is 5.56 Å². The number of anilines is 1. The summed E-state index contributed by atoms with van der Waals surface area (Å²) in [5.74, 6) is 0.199. The largest absolute Gasteiger partial charge is 0.378 e. The summed E-state index contributed by atoms with van der Waals surface area (Å²) in [6, 6.07) is 17.1. The van der Waals surface area contributed by atoms with Gasteiger partial charge in [-0.3, -0.25) is 9.59 Å². The van der Waals surface area contributed by atoms with Crippen LogP contribution in [-0.4, -0.2) is 27.1 Å². The first kappa shape index (κ1) is 19.2. The van der Waals surface area contributed by atoms with Crippen molar-refractivity contribution in [3.8, 4) is 5.69 Å². The first-order valence-electron chi connectivity index (χ1n) is 9.55. The molecule has 0 atom stereocenters. The fourth-order valence-corrected chi connectivity index (χ4v) is 3.66. The van der Waals surface area contributed by atoms with Crippen LogP contribution in [0.2, 0.25) is 5.02 Å². The summed E-state index contributed by atoms with van der Waals surface area (Å²) in [5.41, 5.74) is 2.90. The van der Waals surface area contributed by atoms with E-state index in [-0.39, 0.29) is 16.5 Å². The Morgan fingerprint density at radius 1 is 1.00 bits per heavy atom. The molecule has 0 bridgehead atoms. The van der Waals surface area contributed by atoms with Gasteiger partial charge in [0.2, 0.25) is 5.91 Å². The third-order valence-electron chi connectivity index (χ3n) is 5.04. The SMILES string of the molecule is O=C1CCCN1Cc1ccccc1CNc1cnn(-c2ccccc2)c(=O)c1Cl. The van der Waals surface area contributed by atoms with E-state index in [9.17, 15) is 9.59 Å². The number of halogens is 1. The number of carbonyl (C=O) groups excluding carboxylic acids is 1. The van der Waals surface area contributed by atoms with E-state index in [4.69, 9.17) is 11.6 Å². The van der Waals surface area contributed by atoms with Gasteiger partial charge >= 0.3 is 0 Å². The number of nitrogens with one attached hydrogen (secondary N) is 1. The van der Waals surface area contributed by atoms with Crippen molar-refractivity contribution in [1.29, 1.82) is 0 Å². The lowest BCUT2D eigenvalue weighted by Crippen LogP contribution is -2.25. The number of hydrogen-bond donors (Lipinski definition) is 1. The van der Waals surface area contributed by atoms with Gasteiger partial charge in [-0.1, -0.05) is 54.1 Å². The van der Waals surface area contributed by atoms with Crippen LogP contribution in [0.4, 0.5) is 5.69 Å². The number of likely N-dealkylation sites (tertiary alicyclic amines) is 1. The lowest BCUT2D eigenvalue weighted by molar-refractivity contribution is -0.128. The van der Waals surface area contributed by atoms with Gasteiger partial charge in [-0.15, -0.1) is 0 Å². The molecule has 2 aromatic carbocycles. The zero-order chi connectivity index (χ0) is 20.2. The van der Waals surface area contributed by atoms with E-state index in [0.717, 1.165) is 24.1 Å². The van der Waals surface area contributed by atoms with Gasteiger partial charge in [-0.05, 0) is 29.7 Å². The van der Waals surface area contributed by atoms with Gasteiger partial charge in [-0.2, -0.15) is 9.78 Å². The van der Waals surface area contributed by atoms with Crippen LogP contribution in [0.1, 0.15) is 24.0 Å². The zero-order valence-electron chi connectivity index (χ0n) is 15.8. The highest BCUT2D eigenvalue weighted by atomic mass is 35.5. The molecule has 0 unspecified atom stereocenters. The van der Waals surface area contributed by atoms with Gasteiger partial charge in [0, 0.05) is 26.1 Å². The third kappa shape index (κ3) is 4.17. The molecule has 4 rings (SSSR count). The van der Waals surface area contributed by atoms with Crippen LogP contribution in [0.3, 0.4) is 0 Å². The van der Waals surface area contributed by atoms with Crippen LogP contribution in [0.25, 0.3) is 5.69 Å². The maximum atomic E-state index is 12.6. The minimum absolute atomic E-state index is 0.0936. The van der Waals surface area contributed by atoms with Crippen molar-refractivity contribution in [2.24, 2.45) is 0 Å². The van der Waals surface area contributed by atoms with E-state index >= 15 is 0 Å². The number of benzene rings is 2. The van der Waals surface area contributed by atoms with Gasteiger partial charge in [0.15, 0.2) is 0 Å². The lowest BCUT2D eigenvalue weighted by atomic mass is 10.1. The average molecular weight is 409 g/mol. The number of amides is 1. The number of rotatable bonds is 6. The van der Waals surface area contributed by atoms with Crippen LogP contribution >= 0.6 is 11.6 Å². The highest BCUT2D eigenvalue weighted by Crippen LogP contribution is 2.21. The topological polar surface area (TPSA) is 67.2 Å². The predicted octanol–water partition coefficient (Wildman–Crippen LogP) is 3.62. The molecular formula is C22H21ClN4O2. The summed E-state index contributed by atoms with van der Waals surface area (Å²) in [4.78, 5) is 26.5. The van der Waals surface area contributed by atoms with Crippen molar-refractivity contribution < 1.29 is 4.79 Å². The van der Waals surface area contributed by atoms with E-state index in [1.807, 2.05) is 47.4 Å². The van der Waals surface area contributed by atoms with Gasteiger partial charge < -0.3 is 10.2 Å². The summed E-state index contributed by atoms with van der Waals surface area (Å²) in [5, 5.41) is 7.55. The molecule has 1 aromatic heterocycles. The van der Waals surface area contributed by atoms with Gasteiger partial charge in [0.05, 0.1) is 17.6 Å². The van der Waals surface area contributed by atoms with Crippen LogP contribution in [0, 0.1) is 0 Å². The molecule has 1 aliphatic heterocycles. The van der Waals surface area contributed by atoms with E-state index in [1.165, 1.54) is 4.68 Å². The molecule has 148 valence electrons. The quantitative estimate of drug-likeness (QED) is 0.676. The maximum Gasteiger partial charge on any atom is 0.292 e. The van der Waals surface area contributed by atoms with Crippen LogP contribution in [0.5, 0.6) is 0 Å². The first-order valence-corrected chi connectivity index (χ1v) is 9.93. The molecule has 1 aliphatic rings. The molecule has 29 heavy (non-hydrogen) atoms. The Kier molecular flexibility index (Phi) is 5.62. The second-order valence-corrected chi connectivity index (χ2v) is 7.34. The first-order chi connectivity index (χ1) is 14.1. The third-order valence-corrected chi connectivity index (χ3v) is 5.41. The van der Waals surface area contributed by atoms with Crippen LogP contribution < -0.4 is 10.9 Å². The van der Waals surface area contributed by atoms with Crippen molar-refractivity contribution in [1.82, 2.24) is 14.7 Å². The minimum atomic E-state index is -0.376. The smallest absolute Gasteiger partial charge is 0.292 e. The van der Waals surface area contributed by atoms with E-state index in [1.54, 1.807) is 18.3 Å². The van der Waals surface area contributed by atoms with Crippen molar-refractivity contribution in [3.05, 3.63) is 87.3 Å². The van der Waals surface area contributed by atoms with E-state index in [2.05, 4.69) is 10.4 Å². The number of para-hydroxylation sites is 1. The number of nitrogens with zero attached hydrogens (tertiary/aromatic N) is 3. The number of carbonyl (C=O) groups is 1. The molecule has 7 heteroatoms. The summed E-state index contributed by atoms with van der Waals surface area (Å²) in [6.07, 6.45) is 3.10. The van der Waals surface area contributed by atoms with Crippen molar-refractivity contribution in [3.63, 3.8) is 0 Å². The highest BCUT2D eigenvalue weighted by molar-refractivity contribution is 6.32. The van der Waals surface area contributed by atoms with Crippen molar-refractivity contribution in [2.75, 3.05) is 11.9 Å². The molecule has 1 amide bonds. The van der Waals surface area contributed by atoms with E-state index < -0.39 is 0 Å². The number of hydrogen-bond acceptors (Lipinski definition) is 4. The Hall–Kier alpha value is -3.12. The van der Waals surface area contributed by atoms with Crippen molar-refractivity contribution >= 4 is 23.2 Å². The molecule has 1 N–H and O–H groups in total. The Morgan fingerprint density at radius 3 is 2.45 bits per heavy atom. The molecule has 3 aromatic rings. The predicted molar refractivity (Wildman–Crippen MR) is 113 cm³/mol. The molecule has 0 aliphatic carbocycles. The zero-order valence-corrected chi connectivity index (χ0v) is 16.6. The second-order valence-electron chi connectivity index (χ2n) is 6.97. The molecule has 0 spiro atoms. The molecule has 1 saturated heterocycles. The second kappa shape index (κ2) is 8.49.